The number of benzene rings is 1. The molecule has 2 rings (SSSR count). The van der Waals surface area contributed by atoms with Gasteiger partial charge in [-0.15, -0.1) is 0 Å². The van der Waals surface area contributed by atoms with Crippen molar-refractivity contribution >= 4 is 11.0 Å². The van der Waals surface area contributed by atoms with E-state index < -0.39 is 6.10 Å². The van der Waals surface area contributed by atoms with Crippen LogP contribution in [0.1, 0.15) is 18.2 Å². The fourth-order valence-corrected chi connectivity index (χ4v) is 1.92. The van der Waals surface area contributed by atoms with Crippen LogP contribution in [-0.4, -0.2) is 21.4 Å². The highest BCUT2D eigenvalue weighted by molar-refractivity contribution is 5.81. The SMILES string of the molecule is C[C@H](O)Cc1cc(=O)c2c(CO)cc(O)cc2o1. The molecule has 1 aromatic carbocycles. The molecule has 0 saturated carbocycles. The van der Waals surface area contributed by atoms with E-state index in [1.165, 1.54) is 18.2 Å². The summed E-state index contributed by atoms with van der Waals surface area (Å²) < 4.78 is 5.45. The van der Waals surface area contributed by atoms with E-state index in [0.29, 0.717) is 11.3 Å². The van der Waals surface area contributed by atoms with Gasteiger partial charge in [-0.25, -0.2) is 0 Å². The molecule has 0 spiro atoms. The van der Waals surface area contributed by atoms with Crippen molar-refractivity contribution in [1.29, 1.82) is 0 Å². The first-order valence-electron chi connectivity index (χ1n) is 5.59. The molecular formula is C13H14O5. The van der Waals surface area contributed by atoms with Crippen LogP contribution in [0.2, 0.25) is 0 Å². The van der Waals surface area contributed by atoms with Gasteiger partial charge in [0.25, 0.3) is 0 Å². The van der Waals surface area contributed by atoms with E-state index in [1.54, 1.807) is 6.92 Å². The van der Waals surface area contributed by atoms with Crippen LogP contribution < -0.4 is 5.43 Å². The zero-order valence-corrected chi connectivity index (χ0v) is 9.88. The normalized spacial score (nSPS) is 12.8. The van der Waals surface area contributed by atoms with E-state index in [1.807, 2.05) is 0 Å². The maximum absolute atomic E-state index is 11.9. The maximum atomic E-state index is 11.9. The molecule has 3 N–H and O–H groups in total. The third-order valence-corrected chi connectivity index (χ3v) is 2.62. The highest BCUT2D eigenvalue weighted by Gasteiger charge is 2.12. The fourth-order valence-electron chi connectivity index (χ4n) is 1.92. The average Bonchev–Trinajstić information content (AvgIpc) is 2.25. The molecule has 0 aliphatic carbocycles. The Balaban J connectivity index is 2.69. The van der Waals surface area contributed by atoms with Gasteiger partial charge < -0.3 is 19.7 Å². The van der Waals surface area contributed by atoms with Crippen LogP contribution in [0.4, 0.5) is 0 Å². The van der Waals surface area contributed by atoms with Gasteiger partial charge in [0, 0.05) is 18.6 Å². The molecule has 5 heteroatoms. The molecular weight excluding hydrogens is 236 g/mol. The number of aromatic hydroxyl groups is 1. The Morgan fingerprint density at radius 1 is 1.33 bits per heavy atom. The Hall–Kier alpha value is -1.85. The monoisotopic (exact) mass is 250 g/mol. The molecule has 18 heavy (non-hydrogen) atoms. The first-order valence-corrected chi connectivity index (χ1v) is 5.59. The lowest BCUT2D eigenvalue weighted by Gasteiger charge is -2.07. The van der Waals surface area contributed by atoms with Crippen molar-refractivity contribution < 1.29 is 19.7 Å². The predicted molar refractivity (Wildman–Crippen MR) is 65.5 cm³/mol. The van der Waals surface area contributed by atoms with Crippen LogP contribution in [0.3, 0.4) is 0 Å². The predicted octanol–water partition coefficient (Wildman–Crippen LogP) is 0.914. The van der Waals surface area contributed by atoms with Crippen LogP contribution in [0.5, 0.6) is 5.75 Å². The van der Waals surface area contributed by atoms with Crippen molar-refractivity contribution in [2.24, 2.45) is 0 Å². The molecule has 0 aliphatic rings. The quantitative estimate of drug-likeness (QED) is 0.753. The van der Waals surface area contributed by atoms with E-state index >= 15 is 0 Å². The van der Waals surface area contributed by atoms with Crippen molar-refractivity contribution in [3.63, 3.8) is 0 Å². The van der Waals surface area contributed by atoms with E-state index in [-0.39, 0.29) is 35.2 Å². The van der Waals surface area contributed by atoms with Gasteiger partial charge in [-0.3, -0.25) is 4.79 Å². The minimum Gasteiger partial charge on any atom is -0.508 e. The summed E-state index contributed by atoms with van der Waals surface area (Å²) in [6.07, 6.45) is -0.407. The summed E-state index contributed by atoms with van der Waals surface area (Å²) in [7, 11) is 0. The second-order valence-electron chi connectivity index (χ2n) is 4.27. The number of phenols is 1. The highest BCUT2D eigenvalue weighted by Crippen LogP contribution is 2.23. The Labute approximate surface area is 103 Å². The molecule has 0 saturated heterocycles. The van der Waals surface area contributed by atoms with Gasteiger partial charge >= 0.3 is 0 Å². The fraction of sp³-hybridized carbons (Fsp3) is 0.308. The summed E-state index contributed by atoms with van der Waals surface area (Å²) in [5.41, 5.74) is 0.237. The van der Waals surface area contributed by atoms with E-state index in [4.69, 9.17) is 9.52 Å². The number of fused-ring (bicyclic) bond motifs is 1. The number of aliphatic hydroxyl groups is 2. The van der Waals surface area contributed by atoms with Crippen molar-refractivity contribution in [1.82, 2.24) is 0 Å². The summed E-state index contributed by atoms with van der Waals surface area (Å²) in [5.74, 6) is 0.265. The Kier molecular flexibility index (Phi) is 3.36. The number of phenolic OH excluding ortho intramolecular Hbond substituents is 1. The van der Waals surface area contributed by atoms with Crippen molar-refractivity contribution in [3.05, 3.63) is 39.7 Å². The molecule has 0 amide bonds. The number of hydrogen-bond acceptors (Lipinski definition) is 5. The van der Waals surface area contributed by atoms with E-state index in [9.17, 15) is 15.0 Å². The number of rotatable bonds is 3. The van der Waals surface area contributed by atoms with E-state index in [0.717, 1.165) is 0 Å². The largest absolute Gasteiger partial charge is 0.508 e. The first-order chi connectivity index (χ1) is 8.51. The highest BCUT2D eigenvalue weighted by atomic mass is 16.3. The molecule has 0 aliphatic heterocycles. The molecule has 1 aromatic heterocycles. The Bertz CT molecular complexity index is 627. The van der Waals surface area contributed by atoms with Gasteiger partial charge in [-0.05, 0) is 18.6 Å². The Morgan fingerprint density at radius 2 is 2.06 bits per heavy atom. The van der Waals surface area contributed by atoms with Crippen molar-refractivity contribution in [2.45, 2.75) is 26.1 Å². The van der Waals surface area contributed by atoms with Crippen LogP contribution in [0.15, 0.2) is 27.4 Å². The third-order valence-electron chi connectivity index (χ3n) is 2.62. The Morgan fingerprint density at radius 3 is 2.67 bits per heavy atom. The summed E-state index contributed by atoms with van der Waals surface area (Å²) in [5, 5.41) is 28.2. The molecule has 0 bridgehead atoms. The smallest absolute Gasteiger partial charge is 0.193 e. The zero-order chi connectivity index (χ0) is 13.3. The van der Waals surface area contributed by atoms with Crippen LogP contribution >= 0.6 is 0 Å². The van der Waals surface area contributed by atoms with Gasteiger partial charge in [0.1, 0.15) is 17.1 Å². The first kappa shape index (κ1) is 12.6. The number of aliphatic hydroxyl groups excluding tert-OH is 2. The van der Waals surface area contributed by atoms with Crippen LogP contribution in [0, 0.1) is 0 Å². The minimum atomic E-state index is -0.625. The molecule has 1 atom stereocenters. The lowest BCUT2D eigenvalue weighted by Crippen LogP contribution is -2.10. The summed E-state index contributed by atoms with van der Waals surface area (Å²) in [4.78, 5) is 11.9. The summed E-state index contributed by atoms with van der Waals surface area (Å²) in [6, 6.07) is 3.94. The molecule has 0 fully saturated rings. The molecule has 2 aromatic rings. The lowest BCUT2D eigenvalue weighted by atomic mass is 10.1. The summed E-state index contributed by atoms with van der Waals surface area (Å²) >= 11 is 0. The summed E-state index contributed by atoms with van der Waals surface area (Å²) in [6.45, 7) is 1.23. The van der Waals surface area contributed by atoms with Gasteiger partial charge in [-0.2, -0.15) is 0 Å². The standard InChI is InChI=1S/C13H14O5/c1-7(15)2-10-5-11(17)13-8(6-14)3-9(16)4-12(13)18-10/h3-5,7,14-16H,2,6H2,1H3/t7-/m0/s1. The van der Waals surface area contributed by atoms with E-state index in [2.05, 4.69) is 0 Å². The molecule has 96 valence electrons. The molecule has 5 nitrogen and oxygen atoms in total. The van der Waals surface area contributed by atoms with Gasteiger partial charge in [-0.1, -0.05) is 0 Å². The van der Waals surface area contributed by atoms with Crippen molar-refractivity contribution in [3.8, 4) is 5.75 Å². The van der Waals surface area contributed by atoms with Gasteiger partial charge in [0.15, 0.2) is 5.43 Å². The topological polar surface area (TPSA) is 90.9 Å². The average molecular weight is 250 g/mol. The maximum Gasteiger partial charge on any atom is 0.193 e. The molecule has 0 unspecified atom stereocenters. The van der Waals surface area contributed by atoms with Crippen molar-refractivity contribution in [2.75, 3.05) is 0 Å². The van der Waals surface area contributed by atoms with Crippen LogP contribution in [-0.2, 0) is 13.0 Å². The van der Waals surface area contributed by atoms with Gasteiger partial charge in [0.2, 0.25) is 0 Å². The second-order valence-corrected chi connectivity index (χ2v) is 4.27. The van der Waals surface area contributed by atoms with Crippen LogP contribution in [0.25, 0.3) is 11.0 Å². The van der Waals surface area contributed by atoms with Gasteiger partial charge in [0.05, 0.1) is 18.1 Å². The minimum absolute atomic E-state index is 0.0797. The number of hydrogen-bond donors (Lipinski definition) is 3. The zero-order valence-electron chi connectivity index (χ0n) is 9.88. The molecule has 1 heterocycles. The third kappa shape index (κ3) is 2.37. The lowest BCUT2D eigenvalue weighted by molar-refractivity contribution is 0.187. The second kappa shape index (κ2) is 4.80. The molecule has 0 radical (unpaired) electrons.